The Morgan fingerprint density at radius 1 is 1.11 bits per heavy atom. The minimum Gasteiger partial charge on any atom is -0.379 e. The minimum atomic E-state index is -3.70. The predicted octanol–water partition coefficient (Wildman–Crippen LogP) is 0.940. The Bertz CT molecular complexity index is 790. The fourth-order valence-corrected chi connectivity index (χ4v) is 5.06. The molecule has 0 saturated carbocycles. The highest BCUT2D eigenvalue weighted by atomic mass is 35.5. The molecule has 1 N–H and O–H groups in total. The summed E-state index contributed by atoms with van der Waals surface area (Å²) in [6, 6.07) is 3.01. The normalized spacial score (nSPS) is 19.8. The van der Waals surface area contributed by atoms with Crippen molar-refractivity contribution in [3.63, 3.8) is 0 Å². The van der Waals surface area contributed by atoms with Crippen molar-refractivity contribution in [2.45, 2.75) is 11.8 Å². The van der Waals surface area contributed by atoms with Crippen molar-refractivity contribution >= 4 is 33.2 Å². The Balaban J connectivity index is 1.73. The molecule has 0 aromatic heterocycles. The smallest absolute Gasteiger partial charge is 0.244 e. The zero-order chi connectivity index (χ0) is 19.4. The summed E-state index contributed by atoms with van der Waals surface area (Å²) in [4.78, 5) is 14.4. The van der Waals surface area contributed by atoms with Gasteiger partial charge < -0.3 is 14.8 Å². The first-order chi connectivity index (χ1) is 12.9. The van der Waals surface area contributed by atoms with E-state index in [9.17, 15) is 13.2 Å². The number of halogens is 1. The van der Waals surface area contributed by atoms with E-state index in [1.54, 1.807) is 6.92 Å². The van der Waals surface area contributed by atoms with Gasteiger partial charge in [-0.25, -0.2) is 8.42 Å². The predicted molar refractivity (Wildman–Crippen MR) is 102 cm³/mol. The van der Waals surface area contributed by atoms with Gasteiger partial charge in [0.25, 0.3) is 0 Å². The van der Waals surface area contributed by atoms with E-state index >= 15 is 0 Å². The second-order valence-electron chi connectivity index (χ2n) is 6.55. The summed E-state index contributed by atoms with van der Waals surface area (Å²) in [7, 11) is -3.70. The zero-order valence-corrected chi connectivity index (χ0v) is 16.8. The van der Waals surface area contributed by atoms with Gasteiger partial charge >= 0.3 is 0 Å². The number of ether oxygens (including phenoxy) is 2. The number of sulfonamides is 1. The van der Waals surface area contributed by atoms with E-state index in [0.717, 1.165) is 0 Å². The van der Waals surface area contributed by atoms with E-state index in [0.29, 0.717) is 63.9 Å². The number of amides is 1. The van der Waals surface area contributed by atoms with Gasteiger partial charge in [-0.2, -0.15) is 4.31 Å². The molecule has 0 spiro atoms. The van der Waals surface area contributed by atoms with Crippen LogP contribution in [0.1, 0.15) is 5.56 Å². The van der Waals surface area contributed by atoms with Crippen LogP contribution in [-0.2, 0) is 24.3 Å². The van der Waals surface area contributed by atoms with E-state index in [1.165, 1.54) is 16.4 Å². The number of rotatable bonds is 5. The minimum absolute atomic E-state index is 0.0507. The first-order valence-electron chi connectivity index (χ1n) is 8.86. The lowest BCUT2D eigenvalue weighted by molar-refractivity contribution is -0.118. The van der Waals surface area contributed by atoms with Crippen molar-refractivity contribution < 1.29 is 22.7 Å². The maximum atomic E-state index is 12.8. The first kappa shape index (κ1) is 20.5. The van der Waals surface area contributed by atoms with Crippen LogP contribution in [0.3, 0.4) is 0 Å². The molecule has 1 amide bonds. The van der Waals surface area contributed by atoms with Crippen LogP contribution in [0.15, 0.2) is 17.0 Å². The number of carbonyl (C=O) groups is 1. The molecular formula is C17H24ClN3O5S. The maximum absolute atomic E-state index is 12.8. The molecular weight excluding hydrogens is 394 g/mol. The molecule has 0 aliphatic carbocycles. The Morgan fingerprint density at radius 2 is 1.70 bits per heavy atom. The van der Waals surface area contributed by atoms with Gasteiger partial charge in [0.05, 0.1) is 38.0 Å². The second-order valence-corrected chi connectivity index (χ2v) is 8.86. The van der Waals surface area contributed by atoms with Gasteiger partial charge in [-0.3, -0.25) is 9.69 Å². The molecule has 2 saturated heterocycles. The SMILES string of the molecule is Cc1cc(S(=O)(=O)N2CCOCC2)c(Cl)cc1NC(=O)CN1CCOCC1. The van der Waals surface area contributed by atoms with Crippen LogP contribution in [0.25, 0.3) is 0 Å². The lowest BCUT2D eigenvalue weighted by Crippen LogP contribution is -2.41. The lowest BCUT2D eigenvalue weighted by atomic mass is 10.2. The number of carbonyl (C=O) groups excluding carboxylic acids is 1. The molecule has 1 aromatic carbocycles. The third kappa shape index (κ3) is 4.98. The van der Waals surface area contributed by atoms with Gasteiger partial charge in [-0.15, -0.1) is 0 Å². The molecule has 0 unspecified atom stereocenters. The fourth-order valence-electron chi connectivity index (χ4n) is 3.07. The Hall–Kier alpha value is -1.23. The number of morpholine rings is 2. The third-order valence-corrected chi connectivity index (χ3v) is 6.98. The molecule has 1 aromatic rings. The first-order valence-corrected chi connectivity index (χ1v) is 10.7. The average molecular weight is 418 g/mol. The summed E-state index contributed by atoms with van der Waals surface area (Å²) in [5.41, 5.74) is 1.15. The summed E-state index contributed by atoms with van der Waals surface area (Å²) >= 11 is 6.27. The van der Waals surface area contributed by atoms with Gasteiger partial charge in [0.15, 0.2) is 0 Å². The highest BCUT2D eigenvalue weighted by molar-refractivity contribution is 7.89. The van der Waals surface area contributed by atoms with Crippen LogP contribution >= 0.6 is 11.6 Å². The van der Waals surface area contributed by atoms with Gasteiger partial charge in [0, 0.05) is 31.9 Å². The molecule has 0 radical (unpaired) electrons. The molecule has 27 heavy (non-hydrogen) atoms. The fraction of sp³-hybridized carbons (Fsp3) is 0.588. The quantitative estimate of drug-likeness (QED) is 0.767. The van der Waals surface area contributed by atoms with Gasteiger partial charge in [0.2, 0.25) is 15.9 Å². The molecule has 0 bridgehead atoms. The zero-order valence-electron chi connectivity index (χ0n) is 15.2. The van der Waals surface area contributed by atoms with Crippen molar-refractivity contribution in [1.29, 1.82) is 0 Å². The van der Waals surface area contributed by atoms with E-state index in [4.69, 9.17) is 21.1 Å². The van der Waals surface area contributed by atoms with Crippen molar-refractivity contribution in [3.8, 4) is 0 Å². The summed E-state index contributed by atoms with van der Waals surface area (Å²) in [5.74, 6) is -0.167. The third-order valence-electron chi connectivity index (χ3n) is 4.61. The summed E-state index contributed by atoms with van der Waals surface area (Å²) < 4.78 is 37.5. The molecule has 2 aliphatic rings. The Kier molecular flexibility index (Phi) is 6.72. The van der Waals surface area contributed by atoms with Crippen molar-refractivity contribution in [2.75, 3.05) is 64.5 Å². The molecule has 0 atom stereocenters. The number of hydrogen-bond acceptors (Lipinski definition) is 6. The number of nitrogens with one attached hydrogen (secondary N) is 1. The average Bonchev–Trinajstić information content (AvgIpc) is 2.65. The topological polar surface area (TPSA) is 88.2 Å². The van der Waals surface area contributed by atoms with Crippen LogP contribution in [0.4, 0.5) is 5.69 Å². The molecule has 10 heteroatoms. The van der Waals surface area contributed by atoms with Crippen LogP contribution < -0.4 is 5.32 Å². The van der Waals surface area contributed by atoms with Crippen molar-refractivity contribution in [2.24, 2.45) is 0 Å². The standard InChI is InChI=1S/C17H24ClN3O5S/c1-13-10-16(27(23,24)21-4-8-26-9-5-21)14(18)11-15(13)19-17(22)12-20-2-6-25-7-3-20/h10-11H,2-9,12H2,1H3,(H,19,22). The molecule has 150 valence electrons. The molecule has 2 heterocycles. The van der Waals surface area contributed by atoms with Gasteiger partial charge in [-0.05, 0) is 24.6 Å². The highest BCUT2D eigenvalue weighted by Gasteiger charge is 2.29. The summed E-state index contributed by atoms with van der Waals surface area (Å²) in [6.07, 6.45) is 0. The number of aryl methyl sites for hydroxylation is 1. The molecule has 2 fully saturated rings. The summed E-state index contributed by atoms with van der Waals surface area (Å²) in [5, 5.41) is 2.91. The maximum Gasteiger partial charge on any atom is 0.244 e. The van der Waals surface area contributed by atoms with E-state index < -0.39 is 10.0 Å². The molecule has 3 rings (SSSR count). The number of anilines is 1. The lowest BCUT2D eigenvalue weighted by Gasteiger charge is -2.27. The monoisotopic (exact) mass is 417 g/mol. The van der Waals surface area contributed by atoms with E-state index in [2.05, 4.69) is 5.32 Å². The molecule has 8 nitrogen and oxygen atoms in total. The van der Waals surface area contributed by atoms with E-state index in [1.807, 2.05) is 4.90 Å². The van der Waals surface area contributed by atoms with Crippen LogP contribution in [0, 0.1) is 6.92 Å². The Morgan fingerprint density at radius 3 is 2.33 bits per heavy atom. The van der Waals surface area contributed by atoms with Crippen LogP contribution in [0.2, 0.25) is 5.02 Å². The van der Waals surface area contributed by atoms with Crippen molar-refractivity contribution in [3.05, 3.63) is 22.7 Å². The van der Waals surface area contributed by atoms with Crippen molar-refractivity contribution in [1.82, 2.24) is 9.21 Å². The largest absolute Gasteiger partial charge is 0.379 e. The van der Waals surface area contributed by atoms with E-state index in [-0.39, 0.29) is 22.4 Å². The number of hydrogen-bond donors (Lipinski definition) is 1. The van der Waals surface area contributed by atoms with Gasteiger partial charge in [0.1, 0.15) is 4.90 Å². The Labute approximate surface area is 164 Å². The van der Waals surface area contributed by atoms with Crippen LogP contribution in [0.5, 0.6) is 0 Å². The second kappa shape index (κ2) is 8.85. The van der Waals surface area contributed by atoms with Crippen LogP contribution in [-0.4, -0.2) is 82.7 Å². The van der Waals surface area contributed by atoms with Gasteiger partial charge in [-0.1, -0.05) is 11.6 Å². The number of benzene rings is 1. The molecule has 2 aliphatic heterocycles. The number of nitrogens with zero attached hydrogens (tertiary/aromatic N) is 2. The highest BCUT2D eigenvalue weighted by Crippen LogP contribution is 2.30. The summed E-state index contributed by atoms with van der Waals surface area (Å²) in [6.45, 7) is 6.00.